The molecule has 0 saturated carbocycles. The number of carbonyl (C=O) groups excluding carboxylic acids is 1. The second-order valence-corrected chi connectivity index (χ2v) is 7.30. The van der Waals surface area contributed by atoms with Crippen LogP contribution in [-0.2, 0) is 14.8 Å². The van der Waals surface area contributed by atoms with E-state index in [1.54, 1.807) is 24.3 Å². The lowest BCUT2D eigenvalue weighted by atomic mass is 10.2. The molecule has 1 aromatic heterocycles. The van der Waals surface area contributed by atoms with E-state index in [4.69, 9.17) is 0 Å². The van der Waals surface area contributed by atoms with Gasteiger partial charge in [-0.15, -0.1) is 0 Å². The van der Waals surface area contributed by atoms with Gasteiger partial charge in [0.05, 0.1) is 4.90 Å². The van der Waals surface area contributed by atoms with Crippen molar-refractivity contribution in [3.05, 3.63) is 36.2 Å². The van der Waals surface area contributed by atoms with Crippen LogP contribution in [0.25, 0.3) is 0 Å². The minimum Gasteiger partial charge on any atom is -0.294 e. The van der Waals surface area contributed by atoms with E-state index in [9.17, 15) is 13.2 Å². The van der Waals surface area contributed by atoms with Crippen molar-refractivity contribution in [1.82, 2.24) is 19.5 Å². The van der Waals surface area contributed by atoms with Crippen molar-refractivity contribution >= 4 is 21.9 Å². The molecule has 1 atom stereocenters. The molecule has 122 valence electrons. The summed E-state index contributed by atoms with van der Waals surface area (Å²) in [6.45, 7) is 2.21. The fourth-order valence-electron chi connectivity index (χ4n) is 2.60. The van der Waals surface area contributed by atoms with Gasteiger partial charge in [0.2, 0.25) is 21.9 Å². The number of aryl methyl sites for hydroxylation is 1. The third-order valence-electron chi connectivity index (χ3n) is 3.79. The maximum atomic E-state index is 12.8. The molecule has 1 amide bonds. The standard InChI is InChI=1S/C14H17N5O3S/c1-10-4-6-11(7-5-10)23(21,22)19-8-2-3-12(19)13(20)17-14-15-9-16-18-14/h4-7,9,12H,2-3,8H2,1H3,(H2,15,16,17,18,20)/t12-/m1/s1. The van der Waals surface area contributed by atoms with Crippen LogP contribution in [0.1, 0.15) is 18.4 Å². The van der Waals surface area contributed by atoms with Gasteiger partial charge in [-0.2, -0.15) is 14.4 Å². The molecule has 1 aromatic carbocycles. The third-order valence-corrected chi connectivity index (χ3v) is 5.71. The molecule has 23 heavy (non-hydrogen) atoms. The molecule has 2 N–H and O–H groups in total. The number of nitrogens with zero attached hydrogens (tertiary/aromatic N) is 3. The monoisotopic (exact) mass is 335 g/mol. The highest BCUT2D eigenvalue weighted by Gasteiger charge is 2.39. The van der Waals surface area contributed by atoms with Crippen LogP contribution in [0.4, 0.5) is 5.95 Å². The molecule has 8 nitrogen and oxygen atoms in total. The fraction of sp³-hybridized carbons (Fsp3) is 0.357. The van der Waals surface area contributed by atoms with Crippen LogP contribution in [0.3, 0.4) is 0 Å². The van der Waals surface area contributed by atoms with Gasteiger partial charge in [-0.05, 0) is 31.9 Å². The number of carbonyl (C=O) groups is 1. The van der Waals surface area contributed by atoms with Crippen LogP contribution >= 0.6 is 0 Å². The van der Waals surface area contributed by atoms with Crippen molar-refractivity contribution in [1.29, 1.82) is 0 Å². The Morgan fingerprint density at radius 1 is 1.35 bits per heavy atom. The molecule has 0 radical (unpaired) electrons. The lowest BCUT2D eigenvalue weighted by molar-refractivity contribution is -0.119. The Morgan fingerprint density at radius 2 is 2.09 bits per heavy atom. The van der Waals surface area contributed by atoms with Crippen LogP contribution in [0, 0.1) is 6.92 Å². The first-order valence-corrected chi connectivity index (χ1v) is 8.67. The lowest BCUT2D eigenvalue weighted by Gasteiger charge is -2.23. The van der Waals surface area contributed by atoms with Gasteiger partial charge in [0.1, 0.15) is 12.4 Å². The number of benzene rings is 1. The zero-order valence-electron chi connectivity index (χ0n) is 12.6. The smallest absolute Gasteiger partial charge is 0.245 e. The summed E-state index contributed by atoms with van der Waals surface area (Å²) in [6, 6.07) is 5.87. The number of H-pyrrole nitrogens is 1. The molecule has 1 aliphatic rings. The highest BCUT2D eigenvalue weighted by atomic mass is 32.2. The zero-order valence-corrected chi connectivity index (χ0v) is 13.4. The normalized spacial score (nSPS) is 18.9. The van der Waals surface area contributed by atoms with Crippen LogP contribution in [0.2, 0.25) is 0 Å². The molecule has 0 unspecified atom stereocenters. The topological polar surface area (TPSA) is 108 Å². The molecule has 2 aromatic rings. The maximum Gasteiger partial charge on any atom is 0.245 e. The Bertz CT molecular complexity index is 786. The number of hydrogen-bond acceptors (Lipinski definition) is 5. The number of anilines is 1. The molecule has 0 bridgehead atoms. The van der Waals surface area contributed by atoms with Gasteiger partial charge in [0.25, 0.3) is 0 Å². The summed E-state index contributed by atoms with van der Waals surface area (Å²) in [6.07, 6.45) is 2.38. The van der Waals surface area contributed by atoms with Crippen molar-refractivity contribution in [2.24, 2.45) is 0 Å². The quantitative estimate of drug-likeness (QED) is 0.863. The summed E-state index contributed by atoms with van der Waals surface area (Å²) < 4.78 is 26.8. The molecular formula is C14H17N5O3S. The first-order valence-electron chi connectivity index (χ1n) is 7.23. The molecule has 9 heteroatoms. The lowest BCUT2D eigenvalue weighted by Crippen LogP contribution is -2.43. The Hall–Kier alpha value is -2.26. The summed E-state index contributed by atoms with van der Waals surface area (Å²) in [7, 11) is -3.70. The molecule has 0 spiro atoms. The van der Waals surface area contributed by atoms with Crippen LogP contribution < -0.4 is 5.32 Å². The van der Waals surface area contributed by atoms with E-state index in [-0.39, 0.29) is 10.8 Å². The van der Waals surface area contributed by atoms with Gasteiger partial charge in [-0.25, -0.2) is 13.5 Å². The van der Waals surface area contributed by atoms with Gasteiger partial charge in [0, 0.05) is 6.54 Å². The van der Waals surface area contributed by atoms with Crippen molar-refractivity contribution in [3.63, 3.8) is 0 Å². The first kappa shape index (κ1) is 15.6. The van der Waals surface area contributed by atoms with Crippen molar-refractivity contribution in [3.8, 4) is 0 Å². The minimum atomic E-state index is -3.70. The third kappa shape index (κ3) is 3.10. The molecule has 1 aliphatic heterocycles. The number of sulfonamides is 1. The van der Waals surface area contributed by atoms with Crippen LogP contribution in [-0.4, -0.2) is 46.4 Å². The molecule has 1 saturated heterocycles. The average molecular weight is 335 g/mol. The Balaban J connectivity index is 1.83. The van der Waals surface area contributed by atoms with E-state index in [1.165, 1.54) is 10.6 Å². The van der Waals surface area contributed by atoms with Gasteiger partial charge in [-0.3, -0.25) is 10.1 Å². The Labute approximate surface area is 134 Å². The van der Waals surface area contributed by atoms with Crippen LogP contribution in [0.15, 0.2) is 35.5 Å². The first-order chi connectivity index (χ1) is 11.0. The van der Waals surface area contributed by atoms with Gasteiger partial charge < -0.3 is 0 Å². The summed E-state index contributed by atoms with van der Waals surface area (Å²) in [5, 5.41) is 8.72. The molecule has 1 fully saturated rings. The summed E-state index contributed by atoms with van der Waals surface area (Å²) in [5.41, 5.74) is 0.977. The van der Waals surface area contributed by atoms with E-state index in [1.807, 2.05) is 6.92 Å². The predicted molar refractivity (Wildman–Crippen MR) is 83.1 cm³/mol. The van der Waals surface area contributed by atoms with E-state index in [0.717, 1.165) is 5.56 Å². The van der Waals surface area contributed by atoms with E-state index < -0.39 is 22.0 Å². The van der Waals surface area contributed by atoms with Crippen molar-refractivity contribution in [2.45, 2.75) is 30.7 Å². The number of nitrogens with one attached hydrogen (secondary N) is 2. The second kappa shape index (κ2) is 6.09. The van der Waals surface area contributed by atoms with Gasteiger partial charge in [0.15, 0.2) is 0 Å². The number of amides is 1. The summed E-state index contributed by atoms with van der Waals surface area (Å²) in [5.74, 6) is -0.204. The van der Waals surface area contributed by atoms with Gasteiger partial charge >= 0.3 is 0 Å². The van der Waals surface area contributed by atoms with Crippen molar-refractivity contribution < 1.29 is 13.2 Å². The molecule has 3 rings (SSSR count). The Kier molecular flexibility index (Phi) is 4.14. The van der Waals surface area contributed by atoms with Crippen molar-refractivity contribution in [2.75, 3.05) is 11.9 Å². The predicted octanol–water partition coefficient (Wildman–Crippen LogP) is 0.905. The number of hydrogen-bond donors (Lipinski definition) is 2. The maximum absolute atomic E-state index is 12.8. The highest BCUT2D eigenvalue weighted by molar-refractivity contribution is 7.89. The number of aromatic amines is 1. The SMILES string of the molecule is Cc1ccc(S(=O)(=O)N2CCC[C@@H]2C(=O)Nc2ncn[nH]2)cc1. The van der Waals surface area contributed by atoms with Crippen LogP contribution in [0.5, 0.6) is 0 Å². The largest absolute Gasteiger partial charge is 0.294 e. The number of rotatable bonds is 4. The van der Waals surface area contributed by atoms with Gasteiger partial charge in [-0.1, -0.05) is 17.7 Å². The minimum absolute atomic E-state index is 0.197. The van der Waals surface area contributed by atoms with E-state index in [0.29, 0.717) is 19.4 Å². The summed E-state index contributed by atoms with van der Waals surface area (Å²) >= 11 is 0. The highest BCUT2D eigenvalue weighted by Crippen LogP contribution is 2.26. The molecule has 2 heterocycles. The second-order valence-electron chi connectivity index (χ2n) is 5.41. The molecular weight excluding hydrogens is 318 g/mol. The average Bonchev–Trinajstić information content (AvgIpc) is 3.19. The van der Waals surface area contributed by atoms with E-state index >= 15 is 0 Å². The van der Waals surface area contributed by atoms with E-state index in [2.05, 4.69) is 20.5 Å². The zero-order chi connectivity index (χ0) is 16.4. The Morgan fingerprint density at radius 3 is 2.74 bits per heavy atom. The summed E-state index contributed by atoms with van der Waals surface area (Å²) in [4.78, 5) is 16.4. The molecule has 0 aliphatic carbocycles. The fourth-order valence-corrected chi connectivity index (χ4v) is 4.26. The number of aromatic nitrogens is 3.